The number of ether oxygens (including phenoxy) is 1. The summed E-state index contributed by atoms with van der Waals surface area (Å²) in [6, 6.07) is 13.0. The standard InChI is InChI=1S/C24H23ClN6O3/c1-13-9-19(20(33-4)11-17(13)15-5-7-16(8-6-15)23(32)26-3)28-24-27-12-18(25)22(30-24)29-21-10-14(2)34-31-21/h5-12H,1-4H3,(H,26,32)(H2,27,28,29,30,31). The summed E-state index contributed by atoms with van der Waals surface area (Å²) in [5, 5.41) is 13.1. The molecule has 34 heavy (non-hydrogen) atoms. The van der Waals surface area contributed by atoms with Gasteiger partial charge in [0.2, 0.25) is 5.95 Å². The van der Waals surface area contributed by atoms with Gasteiger partial charge in [-0.15, -0.1) is 0 Å². The van der Waals surface area contributed by atoms with Gasteiger partial charge >= 0.3 is 0 Å². The molecule has 2 aromatic heterocycles. The normalized spacial score (nSPS) is 10.6. The van der Waals surface area contributed by atoms with Gasteiger partial charge in [-0.2, -0.15) is 4.98 Å². The van der Waals surface area contributed by atoms with Crippen LogP contribution in [0.4, 0.5) is 23.3 Å². The fourth-order valence-electron chi connectivity index (χ4n) is 3.39. The lowest BCUT2D eigenvalue weighted by atomic mass is 9.98. The number of carbonyl (C=O) groups excluding carboxylic acids is 1. The fraction of sp³-hybridized carbons (Fsp3) is 0.167. The number of nitrogens with one attached hydrogen (secondary N) is 3. The summed E-state index contributed by atoms with van der Waals surface area (Å²) < 4.78 is 10.7. The largest absolute Gasteiger partial charge is 0.495 e. The molecule has 0 saturated heterocycles. The Kier molecular flexibility index (Phi) is 6.65. The van der Waals surface area contributed by atoms with Crippen LogP contribution in [0.25, 0.3) is 11.1 Å². The summed E-state index contributed by atoms with van der Waals surface area (Å²) >= 11 is 6.24. The molecule has 0 atom stereocenters. The third-order valence-electron chi connectivity index (χ3n) is 5.10. The third-order valence-corrected chi connectivity index (χ3v) is 5.37. The molecule has 0 bridgehead atoms. The fourth-order valence-corrected chi connectivity index (χ4v) is 3.53. The van der Waals surface area contributed by atoms with Crippen LogP contribution in [0.3, 0.4) is 0 Å². The van der Waals surface area contributed by atoms with Gasteiger partial charge in [-0.3, -0.25) is 4.79 Å². The summed E-state index contributed by atoms with van der Waals surface area (Å²) in [5.74, 6) is 2.34. The molecule has 0 unspecified atom stereocenters. The summed E-state index contributed by atoms with van der Waals surface area (Å²) in [6.07, 6.45) is 1.49. The van der Waals surface area contributed by atoms with E-state index in [1.54, 1.807) is 39.3 Å². The number of nitrogens with zero attached hydrogens (tertiary/aromatic N) is 3. The van der Waals surface area contributed by atoms with E-state index in [1.165, 1.54) is 6.20 Å². The number of amides is 1. The number of anilines is 4. The third kappa shape index (κ3) is 4.94. The topological polar surface area (TPSA) is 114 Å². The number of hydrogen-bond acceptors (Lipinski definition) is 8. The Labute approximate surface area is 201 Å². The van der Waals surface area contributed by atoms with Gasteiger partial charge in [-0.1, -0.05) is 28.9 Å². The van der Waals surface area contributed by atoms with Crippen LogP contribution in [0, 0.1) is 13.8 Å². The van der Waals surface area contributed by atoms with Crippen molar-refractivity contribution in [2.45, 2.75) is 13.8 Å². The number of halogens is 1. The smallest absolute Gasteiger partial charge is 0.251 e. The number of aromatic nitrogens is 3. The van der Waals surface area contributed by atoms with E-state index < -0.39 is 0 Å². The zero-order valence-electron chi connectivity index (χ0n) is 19.1. The maximum Gasteiger partial charge on any atom is 0.251 e. The van der Waals surface area contributed by atoms with Crippen molar-refractivity contribution in [1.29, 1.82) is 0 Å². The molecule has 2 heterocycles. The lowest BCUT2D eigenvalue weighted by molar-refractivity contribution is 0.0963. The minimum atomic E-state index is -0.129. The second-order valence-electron chi connectivity index (χ2n) is 7.49. The zero-order chi connectivity index (χ0) is 24.2. The number of carbonyl (C=O) groups is 1. The lowest BCUT2D eigenvalue weighted by Gasteiger charge is -2.15. The van der Waals surface area contributed by atoms with E-state index >= 15 is 0 Å². The minimum absolute atomic E-state index is 0.129. The van der Waals surface area contributed by atoms with Crippen molar-refractivity contribution in [2.75, 3.05) is 24.8 Å². The first-order chi connectivity index (χ1) is 16.4. The van der Waals surface area contributed by atoms with E-state index in [0.717, 1.165) is 16.7 Å². The molecule has 0 spiro atoms. The van der Waals surface area contributed by atoms with Crippen molar-refractivity contribution < 1.29 is 14.1 Å². The minimum Gasteiger partial charge on any atom is -0.495 e. The predicted molar refractivity (Wildman–Crippen MR) is 131 cm³/mol. The average molecular weight is 479 g/mol. The molecule has 1 amide bonds. The number of benzene rings is 2. The first-order valence-electron chi connectivity index (χ1n) is 10.4. The van der Waals surface area contributed by atoms with Crippen molar-refractivity contribution in [2.24, 2.45) is 0 Å². The van der Waals surface area contributed by atoms with Gasteiger partial charge in [0, 0.05) is 18.7 Å². The maximum absolute atomic E-state index is 11.8. The molecule has 3 N–H and O–H groups in total. The summed E-state index contributed by atoms with van der Waals surface area (Å²) in [6.45, 7) is 3.79. The van der Waals surface area contributed by atoms with E-state index in [4.69, 9.17) is 20.9 Å². The molecule has 0 aliphatic heterocycles. The Balaban J connectivity index is 1.61. The molecule has 9 nitrogen and oxygen atoms in total. The number of hydrogen-bond donors (Lipinski definition) is 3. The Morgan fingerprint density at radius 3 is 2.50 bits per heavy atom. The van der Waals surface area contributed by atoms with E-state index in [1.807, 2.05) is 31.2 Å². The Hall–Kier alpha value is -4.11. The van der Waals surface area contributed by atoms with Crippen molar-refractivity contribution in [1.82, 2.24) is 20.4 Å². The first-order valence-corrected chi connectivity index (χ1v) is 10.8. The highest BCUT2D eigenvalue weighted by Gasteiger charge is 2.14. The lowest BCUT2D eigenvalue weighted by Crippen LogP contribution is -2.17. The Morgan fingerprint density at radius 2 is 1.85 bits per heavy atom. The van der Waals surface area contributed by atoms with Gasteiger partial charge in [0.1, 0.15) is 16.5 Å². The summed E-state index contributed by atoms with van der Waals surface area (Å²) in [5.41, 5.74) is 4.23. The van der Waals surface area contributed by atoms with Gasteiger partial charge in [-0.05, 0) is 54.8 Å². The first kappa shape index (κ1) is 23.1. The quantitative estimate of drug-likeness (QED) is 0.329. The van der Waals surface area contributed by atoms with Crippen molar-refractivity contribution >= 4 is 40.8 Å². The van der Waals surface area contributed by atoms with E-state index in [0.29, 0.717) is 45.4 Å². The molecule has 0 radical (unpaired) electrons. The van der Waals surface area contributed by atoms with Crippen LogP contribution in [0.2, 0.25) is 5.02 Å². The van der Waals surface area contributed by atoms with Crippen molar-refractivity contribution in [3.63, 3.8) is 0 Å². The molecule has 4 rings (SSSR count). The summed E-state index contributed by atoms with van der Waals surface area (Å²) in [7, 11) is 3.20. The van der Waals surface area contributed by atoms with Crippen LogP contribution < -0.4 is 20.7 Å². The van der Waals surface area contributed by atoms with E-state index in [2.05, 4.69) is 31.1 Å². The monoisotopic (exact) mass is 478 g/mol. The number of rotatable bonds is 7. The van der Waals surface area contributed by atoms with Gasteiger partial charge in [0.15, 0.2) is 11.6 Å². The SMILES string of the molecule is CNC(=O)c1ccc(-c2cc(OC)c(Nc3ncc(Cl)c(Nc4cc(C)on4)n3)cc2C)cc1. The molecule has 2 aromatic carbocycles. The van der Waals surface area contributed by atoms with E-state index in [-0.39, 0.29) is 5.91 Å². The number of aryl methyl sites for hydroxylation is 2. The van der Waals surface area contributed by atoms with Crippen molar-refractivity contribution in [3.05, 3.63) is 70.6 Å². The average Bonchev–Trinajstić information content (AvgIpc) is 3.25. The van der Waals surface area contributed by atoms with Crippen LogP contribution >= 0.6 is 11.6 Å². The molecule has 10 heteroatoms. The van der Waals surface area contributed by atoms with Gasteiger partial charge < -0.3 is 25.2 Å². The van der Waals surface area contributed by atoms with Crippen LogP contribution in [0.1, 0.15) is 21.7 Å². The molecule has 174 valence electrons. The Bertz CT molecular complexity index is 1340. The van der Waals surface area contributed by atoms with Crippen LogP contribution in [-0.4, -0.2) is 35.2 Å². The van der Waals surface area contributed by atoms with Gasteiger partial charge in [-0.25, -0.2) is 4.98 Å². The van der Waals surface area contributed by atoms with Gasteiger partial charge in [0.25, 0.3) is 5.91 Å². The van der Waals surface area contributed by atoms with E-state index in [9.17, 15) is 4.79 Å². The summed E-state index contributed by atoms with van der Waals surface area (Å²) in [4.78, 5) is 20.5. The van der Waals surface area contributed by atoms with Crippen LogP contribution in [0.5, 0.6) is 5.75 Å². The number of methoxy groups -OCH3 is 1. The molecule has 0 saturated carbocycles. The predicted octanol–water partition coefficient (Wildman–Crippen LogP) is 5.26. The molecule has 0 fully saturated rings. The van der Waals surface area contributed by atoms with Crippen LogP contribution in [-0.2, 0) is 0 Å². The Morgan fingerprint density at radius 1 is 1.09 bits per heavy atom. The second-order valence-corrected chi connectivity index (χ2v) is 7.89. The highest BCUT2D eigenvalue weighted by Crippen LogP contribution is 2.35. The zero-order valence-corrected chi connectivity index (χ0v) is 19.8. The second kappa shape index (κ2) is 9.80. The van der Waals surface area contributed by atoms with Crippen molar-refractivity contribution in [3.8, 4) is 16.9 Å². The van der Waals surface area contributed by atoms with Gasteiger partial charge in [0.05, 0.1) is 19.0 Å². The molecule has 0 aliphatic rings. The molecule has 4 aromatic rings. The highest BCUT2D eigenvalue weighted by atomic mass is 35.5. The maximum atomic E-state index is 11.8. The molecular weight excluding hydrogens is 456 g/mol. The highest BCUT2D eigenvalue weighted by molar-refractivity contribution is 6.32. The van der Waals surface area contributed by atoms with Crippen LogP contribution in [0.15, 0.2) is 53.2 Å². The molecular formula is C24H23ClN6O3. The molecule has 0 aliphatic carbocycles.